The van der Waals surface area contributed by atoms with Gasteiger partial charge in [0.25, 0.3) is 0 Å². The van der Waals surface area contributed by atoms with E-state index < -0.39 is 0 Å². The molecule has 3 heteroatoms. The van der Waals surface area contributed by atoms with E-state index >= 15 is 0 Å². The zero-order valence-electron chi connectivity index (χ0n) is 8.50. The molecule has 14 heavy (non-hydrogen) atoms. The number of halogens is 1. The molecule has 1 nitrogen and oxygen atoms in total. The van der Waals surface area contributed by atoms with Crippen LogP contribution in [0, 0.1) is 0 Å². The molecule has 0 aromatic carbocycles. The molecule has 1 aromatic heterocycles. The number of rotatable bonds is 2. The normalized spacial score (nSPS) is 24.0. The standard InChI is InChI=1S/C11H16BrNS/c1-9-4-2-3-5-13(9)7-11-6-10(12)8-14-11/h6,8-9H,2-5,7H2,1H3. The highest BCUT2D eigenvalue weighted by Gasteiger charge is 2.18. The summed E-state index contributed by atoms with van der Waals surface area (Å²) in [5.74, 6) is 0. The molecular weight excluding hydrogens is 258 g/mol. The van der Waals surface area contributed by atoms with Gasteiger partial charge in [-0.1, -0.05) is 6.42 Å². The minimum absolute atomic E-state index is 0.768. The van der Waals surface area contributed by atoms with Gasteiger partial charge in [-0.25, -0.2) is 0 Å². The quantitative estimate of drug-likeness (QED) is 0.791. The van der Waals surface area contributed by atoms with E-state index in [2.05, 4.69) is 39.2 Å². The van der Waals surface area contributed by atoms with Crippen LogP contribution in [0.1, 0.15) is 31.1 Å². The maximum absolute atomic E-state index is 3.50. The van der Waals surface area contributed by atoms with Gasteiger partial charge in [-0.15, -0.1) is 11.3 Å². The van der Waals surface area contributed by atoms with Gasteiger partial charge in [-0.05, 0) is 48.3 Å². The van der Waals surface area contributed by atoms with Crippen LogP contribution >= 0.6 is 27.3 Å². The van der Waals surface area contributed by atoms with Gasteiger partial charge < -0.3 is 0 Å². The lowest BCUT2D eigenvalue weighted by Gasteiger charge is -2.32. The highest BCUT2D eigenvalue weighted by atomic mass is 79.9. The largest absolute Gasteiger partial charge is 0.296 e. The fourth-order valence-corrected chi connectivity index (χ4v) is 3.50. The molecule has 0 spiro atoms. The van der Waals surface area contributed by atoms with Crippen LogP contribution in [0.4, 0.5) is 0 Å². The second-order valence-corrected chi connectivity index (χ2v) is 5.96. The predicted molar refractivity (Wildman–Crippen MR) is 65.7 cm³/mol. The van der Waals surface area contributed by atoms with Crippen molar-refractivity contribution >= 4 is 27.3 Å². The van der Waals surface area contributed by atoms with Crippen molar-refractivity contribution in [3.63, 3.8) is 0 Å². The molecule has 1 aromatic rings. The Bertz CT molecular complexity index is 297. The Labute approximate surface area is 98.2 Å². The molecule has 0 saturated carbocycles. The average Bonchev–Trinajstić information content (AvgIpc) is 2.56. The van der Waals surface area contributed by atoms with E-state index in [1.165, 1.54) is 35.2 Å². The van der Waals surface area contributed by atoms with Crippen LogP contribution < -0.4 is 0 Å². The minimum atomic E-state index is 0.768. The SMILES string of the molecule is CC1CCCCN1Cc1cc(Br)cs1. The monoisotopic (exact) mass is 273 g/mol. The van der Waals surface area contributed by atoms with Crippen molar-refractivity contribution in [3.05, 3.63) is 20.8 Å². The van der Waals surface area contributed by atoms with E-state index in [1.807, 2.05) is 11.3 Å². The average molecular weight is 274 g/mol. The summed E-state index contributed by atoms with van der Waals surface area (Å²) in [6.45, 7) is 4.76. The lowest BCUT2D eigenvalue weighted by atomic mass is 10.0. The first-order valence-electron chi connectivity index (χ1n) is 5.22. The van der Waals surface area contributed by atoms with Crippen molar-refractivity contribution in [1.29, 1.82) is 0 Å². The number of likely N-dealkylation sites (tertiary alicyclic amines) is 1. The lowest BCUT2D eigenvalue weighted by Crippen LogP contribution is -2.36. The van der Waals surface area contributed by atoms with Crippen molar-refractivity contribution in [1.82, 2.24) is 4.90 Å². The van der Waals surface area contributed by atoms with Gasteiger partial charge in [0.2, 0.25) is 0 Å². The number of nitrogens with zero attached hydrogens (tertiary/aromatic N) is 1. The van der Waals surface area contributed by atoms with Gasteiger partial charge in [0.05, 0.1) is 0 Å². The lowest BCUT2D eigenvalue weighted by molar-refractivity contribution is 0.154. The van der Waals surface area contributed by atoms with E-state index in [1.54, 1.807) is 0 Å². The van der Waals surface area contributed by atoms with Crippen molar-refractivity contribution in [2.45, 2.75) is 38.8 Å². The number of hydrogen-bond acceptors (Lipinski definition) is 2. The van der Waals surface area contributed by atoms with Gasteiger partial charge in [-0.3, -0.25) is 4.90 Å². The first-order valence-corrected chi connectivity index (χ1v) is 6.90. The van der Waals surface area contributed by atoms with Crippen molar-refractivity contribution in [2.75, 3.05) is 6.54 Å². The van der Waals surface area contributed by atoms with E-state index in [-0.39, 0.29) is 0 Å². The summed E-state index contributed by atoms with van der Waals surface area (Å²) in [5.41, 5.74) is 0. The van der Waals surface area contributed by atoms with Crippen LogP contribution in [0.5, 0.6) is 0 Å². The summed E-state index contributed by atoms with van der Waals surface area (Å²) in [5, 5.41) is 2.17. The maximum atomic E-state index is 3.50. The van der Waals surface area contributed by atoms with Crippen LogP contribution in [-0.2, 0) is 6.54 Å². The third-order valence-electron chi connectivity index (χ3n) is 2.92. The molecule has 0 bridgehead atoms. The molecule has 2 rings (SSSR count). The topological polar surface area (TPSA) is 3.24 Å². The number of piperidine rings is 1. The first kappa shape index (κ1) is 10.7. The molecular formula is C11H16BrNS. The Morgan fingerprint density at radius 2 is 2.43 bits per heavy atom. The van der Waals surface area contributed by atoms with E-state index in [9.17, 15) is 0 Å². The second-order valence-electron chi connectivity index (χ2n) is 4.05. The Morgan fingerprint density at radius 3 is 3.07 bits per heavy atom. The van der Waals surface area contributed by atoms with E-state index in [4.69, 9.17) is 0 Å². The van der Waals surface area contributed by atoms with Crippen LogP contribution in [0.2, 0.25) is 0 Å². The third-order valence-corrected chi connectivity index (χ3v) is 4.60. The van der Waals surface area contributed by atoms with Crippen LogP contribution in [0.3, 0.4) is 0 Å². The molecule has 78 valence electrons. The summed E-state index contributed by atoms with van der Waals surface area (Å²) in [4.78, 5) is 4.08. The Hall–Kier alpha value is 0.140. The van der Waals surface area contributed by atoms with Gasteiger partial charge >= 0.3 is 0 Å². The smallest absolute Gasteiger partial charge is 0.0331 e. The van der Waals surface area contributed by atoms with Crippen LogP contribution in [-0.4, -0.2) is 17.5 Å². The Balaban J connectivity index is 1.95. The number of hydrogen-bond donors (Lipinski definition) is 0. The van der Waals surface area contributed by atoms with Gasteiger partial charge in [0.1, 0.15) is 0 Å². The van der Waals surface area contributed by atoms with E-state index in [0.717, 1.165) is 12.6 Å². The summed E-state index contributed by atoms with van der Waals surface area (Å²) < 4.78 is 1.22. The molecule has 1 aliphatic rings. The van der Waals surface area contributed by atoms with Crippen LogP contribution in [0.25, 0.3) is 0 Å². The summed E-state index contributed by atoms with van der Waals surface area (Å²) in [6.07, 6.45) is 4.15. The molecule has 0 aliphatic carbocycles. The molecule has 1 saturated heterocycles. The summed E-state index contributed by atoms with van der Waals surface area (Å²) in [6, 6.07) is 3.01. The molecule has 0 radical (unpaired) electrons. The third kappa shape index (κ3) is 2.59. The highest BCUT2D eigenvalue weighted by Crippen LogP contribution is 2.24. The fourth-order valence-electron chi connectivity index (χ4n) is 2.03. The van der Waals surface area contributed by atoms with Gasteiger partial charge in [0, 0.05) is 27.3 Å². The van der Waals surface area contributed by atoms with Crippen molar-refractivity contribution in [2.24, 2.45) is 0 Å². The molecule has 1 unspecified atom stereocenters. The van der Waals surface area contributed by atoms with E-state index in [0.29, 0.717) is 0 Å². The first-order chi connectivity index (χ1) is 6.75. The van der Waals surface area contributed by atoms with Gasteiger partial charge in [-0.2, -0.15) is 0 Å². The van der Waals surface area contributed by atoms with Crippen LogP contribution in [0.15, 0.2) is 15.9 Å². The summed E-state index contributed by atoms with van der Waals surface area (Å²) >= 11 is 5.36. The molecule has 2 heterocycles. The number of thiophene rings is 1. The predicted octanol–water partition coefficient (Wildman–Crippen LogP) is 3.89. The van der Waals surface area contributed by atoms with Crippen molar-refractivity contribution < 1.29 is 0 Å². The molecule has 1 fully saturated rings. The fraction of sp³-hybridized carbons (Fsp3) is 0.636. The van der Waals surface area contributed by atoms with Gasteiger partial charge in [0.15, 0.2) is 0 Å². The molecule has 1 aliphatic heterocycles. The second kappa shape index (κ2) is 4.77. The highest BCUT2D eigenvalue weighted by molar-refractivity contribution is 9.10. The minimum Gasteiger partial charge on any atom is -0.296 e. The zero-order valence-corrected chi connectivity index (χ0v) is 10.9. The van der Waals surface area contributed by atoms with Crippen molar-refractivity contribution in [3.8, 4) is 0 Å². The Morgan fingerprint density at radius 1 is 1.57 bits per heavy atom. The molecule has 1 atom stereocenters. The Kier molecular flexibility index (Phi) is 3.63. The summed E-state index contributed by atoms with van der Waals surface area (Å²) in [7, 11) is 0. The molecule has 0 amide bonds. The molecule has 0 N–H and O–H groups in total. The maximum Gasteiger partial charge on any atom is 0.0331 e. The zero-order chi connectivity index (χ0) is 9.97.